The molecule has 100 valence electrons. The number of aldehydes is 1. The molecule has 0 amide bonds. The molecule has 19 heavy (non-hydrogen) atoms. The third-order valence-electron chi connectivity index (χ3n) is 2.33. The van der Waals surface area contributed by atoms with E-state index in [2.05, 4.69) is 10.2 Å². The Morgan fingerprint density at radius 3 is 2.84 bits per heavy atom. The van der Waals surface area contributed by atoms with E-state index in [-0.39, 0.29) is 0 Å². The van der Waals surface area contributed by atoms with E-state index in [0.717, 1.165) is 12.0 Å². The van der Waals surface area contributed by atoms with Crippen LogP contribution in [0.2, 0.25) is 0 Å². The lowest BCUT2D eigenvalue weighted by Gasteiger charge is -2.04. The molecule has 0 spiro atoms. The maximum Gasteiger partial charge on any atom is 0.276 e. The zero-order chi connectivity index (χ0) is 13.5. The van der Waals surface area contributed by atoms with Crippen molar-refractivity contribution in [2.24, 2.45) is 0 Å². The van der Waals surface area contributed by atoms with E-state index < -0.39 is 0 Å². The van der Waals surface area contributed by atoms with Crippen molar-refractivity contribution in [3.8, 4) is 5.75 Å². The highest BCUT2D eigenvalue weighted by Gasteiger charge is 2.06. The molecule has 1 heterocycles. The highest BCUT2D eigenvalue weighted by atomic mass is 32.2. The van der Waals surface area contributed by atoms with Gasteiger partial charge in [-0.15, -0.1) is 10.2 Å². The fourth-order valence-electron chi connectivity index (χ4n) is 1.39. The standard InChI is InChI=1S/C13H14N2O3S/c1-10-2-4-11(5-3-10)17-8-6-12-14-15-13(18-12)19-9-7-16/h2-5,7H,6,8-9H2,1H3. The van der Waals surface area contributed by atoms with Gasteiger partial charge in [0.2, 0.25) is 5.89 Å². The van der Waals surface area contributed by atoms with Gasteiger partial charge in [0.25, 0.3) is 5.22 Å². The number of benzene rings is 1. The van der Waals surface area contributed by atoms with Crippen LogP contribution in [-0.2, 0) is 11.2 Å². The normalized spacial score (nSPS) is 10.4. The van der Waals surface area contributed by atoms with E-state index >= 15 is 0 Å². The predicted molar refractivity (Wildman–Crippen MR) is 71.5 cm³/mol. The largest absolute Gasteiger partial charge is 0.493 e. The van der Waals surface area contributed by atoms with Crippen molar-refractivity contribution >= 4 is 18.0 Å². The van der Waals surface area contributed by atoms with E-state index in [1.54, 1.807) is 0 Å². The Balaban J connectivity index is 1.77. The van der Waals surface area contributed by atoms with Crippen molar-refractivity contribution in [1.82, 2.24) is 10.2 Å². The Bertz CT molecular complexity index is 525. The number of hydrogen-bond acceptors (Lipinski definition) is 6. The first-order valence-electron chi connectivity index (χ1n) is 5.86. The molecule has 6 heteroatoms. The van der Waals surface area contributed by atoms with Crippen LogP contribution < -0.4 is 4.74 Å². The summed E-state index contributed by atoms with van der Waals surface area (Å²) in [4.78, 5) is 10.2. The van der Waals surface area contributed by atoms with Gasteiger partial charge < -0.3 is 13.9 Å². The molecular formula is C13H14N2O3S. The third-order valence-corrected chi connectivity index (χ3v) is 3.04. The topological polar surface area (TPSA) is 65.2 Å². The van der Waals surface area contributed by atoms with Gasteiger partial charge in [0.15, 0.2) is 0 Å². The summed E-state index contributed by atoms with van der Waals surface area (Å²) in [5.41, 5.74) is 1.20. The second-order valence-corrected chi connectivity index (χ2v) is 4.82. The highest BCUT2D eigenvalue weighted by Crippen LogP contribution is 2.15. The van der Waals surface area contributed by atoms with Crippen LogP contribution in [0.15, 0.2) is 33.9 Å². The number of ether oxygens (including phenoxy) is 1. The molecule has 0 saturated heterocycles. The minimum Gasteiger partial charge on any atom is -0.493 e. The number of aryl methyl sites for hydroxylation is 1. The van der Waals surface area contributed by atoms with Crippen LogP contribution in [0, 0.1) is 6.92 Å². The SMILES string of the molecule is Cc1ccc(OCCc2nnc(SCC=O)o2)cc1. The van der Waals surface area contributed by atoms with Crippen LogP contribution in [0.5, 0.6) is 5.75 Å². The number of carbonyl (C=O) groups is 1. The first kappa shape index (κ1) is 13.6. The molecule has 0 radical (unpaired) electrons. The van der Waals surface area contributed by atoms with Crippen molar-refractivity contribution in [1.29, 1.82) is 0 Å². The fraction of sp³-hybridized carbons (Fsp3) is 0.308. The van der Waals surface area contributed by atoms with Crippen molar-refractivity contribution in [3.63, 3.8) is 0 Å². The lowest BCUT2D eigenvalue weighted by molar-refractivity contribution is -0.105. The zero-order valence-corrected chi connectivity index (χ0v) is 11.4. The summed E-state index contributed by atoms with van der Waals surface area (Å²) in [7, 11) is 0. The molecule has 0 bridgehead atoms. The number of nitrogens with zero attached hydrogens (tertiary/aromatic N) is 2. The van der Waals surface area contributed by atoms with Gasteiger partial charge in [0.05, 0.1) is 18.8 Å². The van der Waals surface area contributed by atoms with Crippen LogP contribution in [-0.4, -0.2) is 28.8 Å². The smallest absolute Gasteiger partial charge is 0.276 e. The Kier molecular flexibility index (Phi) is 4.97. The summed E-state index contributed by atoms with van der Waals surface area (Å²) in [5.74, 6) is 1.66. The minimum atomic E-state index is 0.321. The molecule has 2 aromatic rings. The Hall–Kier alpha value is -1.82. The van der Waals surface area contributed by atoms with E-state index in [4.69, 9.17) is 9.15 Å². The molecule has 5 nitrogen and oxygen atoms in total. The monoisotopic (exact) mass is 278 g/mol. The molecule has 0 aliphatic carbocycles. The molecule has 1 aromatic heterocycles. The van der Waals surface area contributed by atoms with Gasteiger partial charge in [-0.1, -0.05) is 29.5 Å². The van der Waals surface area contributed by atoms with E-state index in [1.807, 2.05) is 31.2 Å². The van der Waals surface area contributed by atoms with Crippen molar-refractivity contribution in [2.45, 2.75) is 18.6 Å². The van der Waals surface area contributed by atoms with Gasteiger partial charge >= 0.3 is 0 Å². The van der Waals surface area contributed by atoms with Gasteiger partial charge in [-0.3, -0.25) is 0 Å². The molecule has 0 saturated carbocycles. The summed E-state index contributed by atoms with van der Waals surface area (Å²) < 4.78 is 10.9. The average molecular weight is 278 g/mol. The molecule has 0 unspecified atom stereocenters. The van der Waals surface area contributed by atoms with Crippen LogP contribution in [0.3, 0.4) is 0 Å². The Morgan fingerprint density at radius 1 is 1.32 bits per heavy atom. The third kappa shape index (κ3) is 4.40. The number of thioether (sulfide) groups is 1. The summed E-state index contributed by atoms with van der Waals surface area (Å²) in [6.07, 6.45) is 1.34. The molecule has 0 aliphatic heterocycles. The lowest BCUT2D eigenvalue weighted by Crippen LogP contribution is -2.01. The second kappa shape index (κ2) is 6.94. The molecule has 1 aromatic carbocycles. The maximum absolute atomic E-state index is 10.2. The summed E-state index contributed by atoms with van der Waals surface area (Å²) in [5, 5.41) is 8.12. The van der Waals surface area contributed by atoms with E-state index in [1.165, 1.54) is 17.3 Å². The van der Waals surface area contributed by atoms with Crippen LogP contribution in [0.25, 0.3) is 0 Å². The quantitative estimate of drug-likeness (QED) is 0.572. The molecule has 0 fully saturated rings. The lowest BCUT2D eigenvalue weighted by atomic mass is 10.2. The van der Waals surface area contributed by atoms with Crippen molar-refractivity contribution in [3.05, 3.63) is 35.7 Å². The van der Waals surface area contributed by atoms with Gasteiger partial charge in [0, 0.05) is 0 Å². The number of aromatic nitrogens is 2. The van der Waals surface area contributed by atoms with Gasteiger partial charge in [-0.25, -0.2) is 0 Å². The summed E-state index contributed by atoms with van der Waals surface area (Å²) in [6.45, 7) is 2.50. The number of carbonyl (C=O) groups excluding carboxylic acids is 1. The van der Waals surface area contributed by atoms with Gasteiger partial charge in [-0.05, 0) is 19.1 Å². The number of hydrogen-bond donors (Lipinski definition) is 0. The average Bonchev–Trinajstić information content (AvgIpc) is 2.87. The highest BCUT2D eigenvalue weighted by molar-refractivity contribution is 7.99. The number of rotatable bonds is 7. The second-order valence-electron chi connectivity index (χ2n) is 3.85. The first-order chi connectivity index (χ1) is 9.28. The first-order valence-corrected chi connectivity index (χ1v) is 6.85. The van der Waals surface area contributed by atoms with Crippen LogP contribution in [0.1, 0.15) is 11.5 Å². The van der Waals surface area contributed by atoms with E-state index in [9.17, 15) is 4.79 Å². The molecule has 0 atom stereocenters. The summed E-state index contributed by atoms with van der Waals surface area (Å²) >= 11 is 1.22. The van der Waals surface area contributed by atoms with Crippen LogP contribution >= 0.6 is 11.8 Å². The molecule has 2 rings (SSSR count). The van der Waals surface area contributed by atoms with Gasteiger partial charge in [-0.2, -0.15) is 0 Å². The zero-order valence-electron chi connectivity index (χ0n) is 10.5. The molecule has 0 N–H and O–H groups in total. The Morgan fingerprint density at radius 2 is 2.11 bits per heavy atom. The Labute approximate surface area is 115 Å². The van der Waals surface area contributed by atoms with Crippen molar-refractivity contribution in [2.75, 3.05) is 12.4 Å². The maximum atomic E-state index is 10.2. The minimum absolute atomic E-state index is 0.321. The molecule has 0 aliphatic rings. The summed E-state index contributed by atoms with van der Waals surface area (Å²) in [6, 6.07) is 7.84. The van der Waals surface area contributed by atoms with Gasteiger partial charge in [0.1, 0.15) is 12.0 Å². The molecular weight excluding hydrogens is 264 g/mol. The predicted octanol–water partition coefficient (Wildman–Crippen LogP) is 2.29. The van der Waals surface area contributed by atoms with E-state index in [0.29, 0.717) is 29.9 Å². The fourth-order valence-corrected chi connectivity index (χ4v) is 1.86. The van der Waals surface area contributed by atoms with Crippen molar-refractivity contribution < 1.29 is 13.9 Å². The van der Waals surface area contributed by atoms with Crippen LogP contribution in [0.4, 0.5) is 0 Å².